The zero-order valence-corrected chi connectivity index (χ0v) is 28.4. The first-order chi connectivity index (χ1) is 21.8. The van der Waals surface area contributed by atoms with E-state index in [1.165, 1.54) is 6.20 Å². The number of nitrogens with one attached hydrogen (secondary N) is 1. The van der Waals surface area contributed by atoms with Gasteiger partial charge in [-0.3, -0.25) is 0 Å². The molecule has 2 aromatic carbocycles. The molecule has 0 unspecified atom stereocenters. The van der Waals surface area contributed by atoms with Crippen LogP contribution in [0.25, 0.3) is 22.0 Å². The first-order valence-corrected chi connectivity index (χ1v) is 17.6. The minimum atomic E-state index is -3.25. The molecular formula is C34H40ClN5O5S. The minimum absolute atomic E-state index is 0.0433. The van der Waals surface area contributed by atoms with Gasteiger partial charge in [-0.25, -0.2) is 28.2 Å². The Kier molecular flexibility index (Phi) is 10.0. The smallest absolute Gasteiger partial charge is 0.410 e. The van der Waals surface area contributed by atoms with Crippen LogP contribution in [0.1, 0.15) is 58.1 Å². The lowest BCUT2D eigenvalue weighted by atomic mass is 10.0. The van der Waals surface area contributed by atoms with Crippen molar-refractivity contribution in [2.45, 2.75) is 71.3 Å². The van der Waals surface area contributed by atoms with Crippen molar-refractivity contribution in [2.24, 2.45) is 0 Å². The van der Waals surface area contributed by atoms with Crippen molar-refractivity contribution in [1.29, 1.82) is 0 Å². The third kappa shape index (κ3) is 8.24. The van der Waals surface area contributed by atoms with Crippen LogP contribution in [0.5, 0.6) is 11.6 Å². The SMILES string of the molecule is CCCS(=O)(=O)Cc1cccc2c(Oc3ncc(Cl)cc3-c3ccnc(N[C@H]4CCCN(C(=O)OC(C)(C)C)C4)n3)c(C)ccc12. The second-order valence-electron chi connectivity index (χ2n) is 12.6. The normalized spacial score (nSPS) is 15.5. The van der Waals surface area contributed by atoms with Crippen molar-refractivity contribution in [1.82, 2.24) is 19.9 Å². The van der Waals surface area contributed by atoms with Crippen LogP contribution in [0.4, 0.5) is 10.7 Å². The fraction of sp³-hybridized carbons (Fsp3) is 0.412. The fourth-order valence-corrected chi connectivity index (χ4v) is 7.17. The number of anilines is 1. The molecule has 3 heterocycles. The van der Waals surface area contributed by atoms with Gasteiger partial charge in [0.2, 0.25) is 11.8 Å². The predicted octanol–water partition coefficient (Wildman–Crippen LogP) is 7.58. The van der Waals surface area contributed by atoms with E-state index in [1.807, 2.05) is 65.0 Å². The Morgan fingerprint density at radius 2 is 1.93 bits per heavy atom. The van der Waals surface area contributed by atoms with Gasteiger partial charge in [-0.2, -0.15) is 0 Å². The monoisotopic (exact) mass is 665 g/mol. The summed E-state index contributed by atoms with van der Waals surface area (Å²) in [6, 6.07) is 12.9. The van der Waals surface area contributed by atoms with Crippen LogP contribution in [0.3, 0.4) is 0 Å². The van der Waals surface area contributed by atoms with E-state index < -0.39 is 15.4 Å². The van der Waals surface area contributed by atoms with Gasteiger partial charge in [0.15, 0.2) is 9.84 Å². The highest BCUT2D eigenvalue weighted by atomic mass is 35.5. The molecule has 12 heteroatoms. The zero-order chi connectivity index (χ0) is 33.1. The average Bonchev–Trinajstić information content (AvgIpc) is 2.98. The van der Waals surface area contributed by atoms with Crippen LogP contribution in [0.2, 0.25) is 5.02 Å². The Morgan fingerprint density at radius 1 is 1.13 bits per heavy atom. The molecule has 5 rings (SSSR count). The molecule has 0 saturated carbocycles. The second-order valence-corrected chi connectivity index (χ2v) is 15.2. The molecule has 1 N–H and O–H groups in total. The molecule has 46 heavy (non-hydrogen) atoms. The highest BCUT2D eigenvalue weighted by molar-refractivity contribution is 7.90. The maximum absolute atomic E-state index is 12.7. The Balaban J connectivity index is 1.42. The minimum Gasteiger partial charge on any atom is -0.444 e. The lowest BCUT2D eigenvalue weighted by Crippen LogP contribution is -2.47. The number of amides is 1. The standard InChI is InChI=1S/C34H40ClN5O5S/c1-6-17-46(42,43)21-23-9-7-11-27-26(23)13-12-22(2)30(27)44-31-28(18-24(35)19-37-31)29-14-15-36-32(39-29)38-25-10-8-16-40(20-25)33(41)45-34(3,4)5/h7,9,11-15,18-19,25H,6,8,10,16-17,20-21H2,1-5H3,(H,36,38,39)/t25-/m0/s1. The van der Waals surface area contributed by atoms with Gasteiger partial charge in [0, 0.05) is 36.9 Å². The molecule has 1 aliphatic rings. The Bertz CT molecular complexity index is 1840. The van der Waals surface area contributed by atoms with E-state index in [9.17, 15) is 13.2 Å². The number of carbonyl (C=O) groups is 1. The first kappa shape index (κ1) is 33.4. The maximum atomic E-state index is 12.7. The number of aryl methyl sites for hydroxylation is 1. The van der Waals surface area contributed by atoms with E-state index in [4.69, 9.17) is 26.1 Å². The van der Waals surface area contributed by atoms with Crippen molar-refractivity contribution in [3.8, 4) is 22.9 Å². The summed E-state index contributed by atoms with van der Waals surface area (Å²) >= 11 is 6.41. The van der Waals surface area contributed by atoms with Crippen molar-refractivity contribution < 1.29 is 22.7 Å². The number of halogens is 1. The molecule has 0 aliphatic carbocycles. The molecule has 0 spiro atoms. The lowest BCUT2D eigenvalue weighted by Gasteiger charge is -2.34. The third-order valence-corrected chi connectivity index (χ3v) is 9.53. The number of rotatable bonds is 9. The van der Waals surface area contributed by atoms with Gasteiger partial charge in [0.25, 0.3) is 0 Å². The Morgan fingerprint density at radius 3 is 2.70 bits per heavy atom. The summed E-state index contributed by atoms with van der Waals surface area (Å²) in [6.45, 7) is 10.5. The summed E-state index contributed by atoms with van der Waals surface area (Å²) in [5.41, 5.74) is 2.13. The van der Waals surface area contributed by atoms with Crippen molar-refractivity contribution in [2.75, 3.05) is 24.2 Å². The molecular weight excluding hydrogens is 626 g/mol. The van der Waals surface area contributed by atoms with Gasteiger partial charge in [-0.05, 0) is 75.6 Å². The van der Waals surface area contributed by atoms with Crippen LogP contribution in [-0.4, -0.2) is 64.8 Å². The summed E-state index contributed by atoms with van der Waals surface area (Å²) in [7, 11) is -3.25. The van der Waals surface area contributed by atoms with Crippen LogP contribution in [0, 0.1) is 6.92 Å². The molecule has 0 bridgehead atoms. The van der Waals surface area contributed by atoms with E-state index in [-0.39, 0.29) is 23.6 Å². The summed E-state index contributed by atoms with van der Waals surface area (Å²) < 4.78 is 37.4. The number of ether oxygens (including phenoxy) is 2. The average molecular weight is 666 g/mol. The highest BCUT2D eigenvalue weighted by Gasteiger charge is 2.28. The Labute approximate surface area is 275 Å². The van der Waals surface area contributed by atoms with E-state index in [0.717, 1.165) is 34.7 Å². The molecule has 1 amide bonds. The third-order valence-electron chi connectivity index (χ3n) is 7.54. The summed E-state index contributed by atoms with van der Waals surface area (Å²) in [4.78, 5) is 28.1. The fourth-order valence-electron chi connectivity index (χ4n) is 5.52. The molecule has 2 aromatic heterocycles. The molecule has 4 aromatic rings. The highest BCUT2D eigenvalue weighted by Crippen LogP contribution is 2.38. The number of pyridine rings is 1. The van der Waals surface area contributed by atoms with Gasteiger partial charge in [0.05, 0.1) is 27.8 Å². The van der Waals surface area contributed by atoms with Crippen LogP contribution in [0.15, 0.2) is 54.9 Å². The van der Waals surface area contributed by atoms with E-state index >= 15 is 0 Å². The molecule has 1 aliphatic heterocycles. The van der Waals surface area contributed by atoms with Gasteiger partial charge < -0.3 is 19.7 Å². The zero-order valence-electron chi connectivity index (χ0n) is 26.8. The van der Waals surface area contributed by atoms with Gasteiger partial charge in [-0.15, -0.1) is 0 Å². The van der Waals surface area contributed by atoms with Crippen molar-refractivity contribution in [3.63, 3.8) is 0 Å². The lowest BCUT2D eigenvalue weighted by molar-refractivity contribution is 0.0206. The van der Waals surface area contributed by atoms with Gasteiger partial charge in [-0.1, -0.05) is 48.9 Å². The summed E-state index contributed by atoms with van der Waals surface area (Å²) in [6.07, 6.45) is 5.06. The summed E-state index contributed by atoms with van der Waals surface area (Å²) in [5, 5.41) is 5.37. The number of likely N-dealkylation sites (tertiary alicyclic amines) is 1. The number of piperidine rings is 1. The number of fused-ring (bicyclic) bond motifs is 1. The van der Waals surface area contributed by atoms with Crippen molar-refractivity contribution in [3.05, 3.63) is 71.0 Å². The molecule has 1 atom stereocenters. The molecule has 1 fully saturated rings. The number of nitrogens with zero attached hydrogens (tertiary/aromatic N) is 4. The van der Waals surface area contributed by atoms with Gasteiger partial charge >= 0.3 is 6.09 Å². The van der Waals surface area contributed by atoms with Crippen LogP contribution >= 0.6 is 11.6 Å². The molecule has 1 saturated heterocycles. The number of carbonyl (C=O) groups excluding carboxylic acids is 1. The first-order valence-electron chi connectivity index (χ1n) is 15.4. The van der Waals surface area contributed by atoms with Crippen LogP contribution in [-0.2, 0) is 20.3 Å². The van der Waals surface area contributed by atoms with E-state index in [0.29, 0.717) is 53.4 Å². The summed E-state index contributed by atoms with van der Waals surface area (Å²) in [5.74, 6) is 1.36. The number of hydrogen-bond donors (Lipinski definition) is 1. The molecule has 10 nitrogen and oxygen atoms in total. The number of benzene rings is 2. The van der Waals surface area contributed by atoms with Crippen molar-refractivity contribution >= 4 is 44.3 Å². The van der Waals surface area contributed by atoms with Gasteiger partial charge in [0.1, 0.15) is 11.4 Å². The number of aromatic nitrogens is 3. The van der Waals surface area contributed by atoms with E-state index in [2.05, 4.69) is 15.3 Å². The molecule has 0 radical (unpaired) electrons. The number of sulfone groups is 1. The topological polar surface area (TPSA) is 124 Å². The second kappa shape index (κ2) is 13.8. The quantitative estimate of drug-likeness (QED) is 0.193. The number of hydrogen-bond acceptors (Lipinski definition) is 9. The molecule has 244 valence electrons. The largest absolute Gasteiger partial charge is 0.444 e. The van der Waals surface area contributed by atoms with Crippen LogP contribution < -0.4 is 10.1 Å². The predicted molar refractivity (Wildman–Crippen MR) is 181 cm³/mol. The maximum Gasteiger partial charge on any atom is 0.410 e. The Hall–Kier alpha value is -3.96. The van der Waals surface area contributed by atoms with E-state index in [1.54, 1.807) is 23.2 Å².